The molecule has 0 aliphatic rings. The number of amides is 2. The lowest BCUT2D eigenvalue weighted by molar-refractivity contribution is 0.0846. The lowest BCUT2D eigenvalue weighted by atomic mass is 10.1. The molecule has 5 heteroatoms. The van der Waals surface area contributed by atoms with Gasteiger partial charge in [0, 0.05) is 14.7 Å². The fraction of sp³-hybridized carbons (Fsp3) is 0.0667. The summed E-state index contributed by atoms with van der Waals surface area (Å²) in [6.45, 7) is 1.90. The van der Waals surface area contributed by atoms with Crippen LogP contribution in [-0.2, 0) is 0 Å². The van der Waals surface area contributed by atoms with Gasteiger partial charge in [0.05, 0.1) is 0 Å². The van der Waals surface area contributed by atoms with Crippen LogP contribution in [0.25, 0.3) is 0 Å². The quantitative estimate of drug-likeness (QED) is 0.622. The molecule has 102 valence electrons. The fourth-order valence-electron chi connectivity index (χ4n) is 1.67. The van der Waals surface area contributed by atoms with Crippen LogP contribution in [0, 0.1) is 10.5 Å². The number of carbonyl (C=O) groups excluding carboxylic acids is 2. The van der Waals surface area contributed by atoms with E-state index in [2.05, 4.69) is 33.4 Å². The van der Waals surface area contributed by atoms with Gasteiger partial charge in [-0.15, -0.1) is 0 Å². The van der Waals surface area contributed by atoms with E-state index in [1.165, 1.54) is 0 Å². The third kappa shape index (κ3) is 3.80. The molecule has 0 aliphatic heterocycles. The van der Waals surface area contributed by atoms with Gasteiger partial charge in [-0.05, 0) is 59.8 Å². The van der Waals surface area contributed by atoms with Gasteiger partial charge < -0.3 is 0 Å². The van der Waals surface area contributed by atoms with Crippen molar-refractivity contribution in [3.63, 3.8) is 0 Å². The van der Waals surface area contributed by atoms with E-state index in [1.807, 2.05) is 19.1 Å². The minimum absolute atomic E-state index is 0.340. The number of nitrogens with one attached hydrogen (secondary N) is 2. The Balaban J connectivity index is 1.98. The molecule has 0 spiro atoms. The second-order valence-corrected chi connectivity index (χ2v) is 5.53. The van der Waals surface area contributed by atoms with Gasteiger partial charge in [-0.25, -0.2) is 0 Å². The van der Waals surface area contributed by atoms with E-state index in [9.17, 15) is 9.59 Å². The Morgan fingerprint density at radius 3 is 2.00 bits per heavy atom. The molecular formula is C15H13IN2O2. The van der Waals surface area contributed by atoms with E-state index in [1.54, 1.807) is 36.4 Å². The summed E-state index contributed by atoms with van der Waals surface area (Å²) in [7, 11) is 0. The maximum Gasteiger partial charge on any atom is 0.269 e. The van der Waals surface area contributed by atoms with Crippen molar-refractivity contribution in [3.8, 4) is 0 Å². The van der Waals surface area contributed by atoms with Crippen LogP contribution in [0.1, 0.15) is 26.3 Å². The second kappa shape index (κ2) is 6.51. The Kier molecular flexibility index (Phi) is 4.73. The molecule has 0 aliphatic carbocycles. The van der Waals surface area contributed by atoms with Crippen molar-refractivity contribution in [2.24, 2.45) is 0 Å². The summed E-state index contributed by atoms with van der Waals surface area (Å²) in [6.07, 6.45) is 0. The van der Waals surface area contributed by atoms with Crippen molar-refractivity contribution in [1.29, 1.82) is 0 Å². The van der Waals surface area contributed by atoms with Crippen LogP contribution >= 0.6 is 22.6 Å². The first-order valence-corrected chi connectivity index (χ1v) is 7.07. The molecule has 0 saturated carbocycles. The molecule has 0 fully saturated rings. The highest BCUT2D eigenvalue weighted by molar-refractivity contribution is 14.1. The SMILES string of the molecule is Cc1cccc(C(=O)NNC(=O)c2cccc(I)c2)c1. The third-order valence-corrected chi connectivity index (χ3v) is 3.33. The molecule has 0 heterocycles. The molecule has 2 N–H and O–H groups in total. The van der Waals surface area contributed by atoms with Crippen LogP contribution in [-0.4, -0.2) is 11.8 Å². The Bertz CT molecular complexity index is 598. The number of hydrogen-bond donors (Lipinski definition) is 2. The third-order valence-electron chi connectivity index (χ3n) is 2.66. The lowest BCUT2D eigenvalue weighted by Gasteiger charge is -2.08. The van der Waals surface area contributed by atoms with E-state index in [0.717, 1.165) is 9.13 Å². The normalized spacial score (nSPS) is 9.90. The molecule has 4 nitrogen and oxygen atoms in total. The number of aryl methyl sites for hydroxylation is 1. The van der Waals surface area contributed by atoms with Gasteiger partial charge in [-0.2, -0.15) is 0 Å². The topological polar surface area (TPSA) is 58.2 Å². The van der Waals surface area contributed by atoms with Crippen LogP contribution in [0.2, 0.25) is 0 Å². The predicted molar refractivity (Wildman–Crippen MR) is 85.3 cm³/mol. The summed E-state index contributed by atoms with van der Waals surface area (Å²) < 4.78 is 0.959. The first kappa shape index (κ1) is 14.5. The highest BCUT2D eigenvalue weighted by atomic mass is 127. The molecule has 0 aromatic heterocycles. The van der Waals surface area contributed by atoms with Gasteiger partial charge in [0.2, 0.25) is 0 Å². The molecule has 0 bridgehead atoms. The van der Waals surface area contributed by atoms with E-state index < -0.39 is 0 Å². The maximum atomic E-state index is 11.9. The molecule has 2 rings (SSSR count). The van der Waals surface area contributed by atoms with Crippen molar-refractivity contribution in [1.82, 2.24) is 10.9 Å². The number of hydrogen-bond acceptors (Lipinski definition) is 2. The predicted octanol–water partition coefficient (Wildman–Crippen LogP) is 2.67. The minimum Gasteiger partial charge on any atom is -0.267 e. The number of rotatable bonds is 2. The van der Waals surface area contributed by atoms with Crippen molar-refractivity contribution < 1.29 is 9.59 Å². The van der Waals surface area contributed by atoms with Crippen LogP contribution in [0.5, 0.6) is 0 Å². The second-order valence-electron chi connectivity index (χ2n) is 4.29. The lowest BCUT2D eigenvalue weighted by Crippen LogP contribution is -2.41. The van der Waals surface area contributed by atoms with Gasteiger partial charge in [0.1, 0.15) is 0 Å². The average Bonchev–Trinajstić information content (AvgIpc) is 2.44. The zero-order valence-corrected chi connectivity index (χ0v) is 13.0. The van der Waals surface area contributed by atoms with E-state index in [0.29, 0.717) is 11.1 Å². The Morgan fingerprint density at radius 1 is 0.900 bits per heavy atom. The van der Waals surface area contributed by atoms with E-state index in [-0.39, 0.29) is 11.8 Å². The molecule has 20 heavy (non-hydrogen) atoms. The largest absolute Gasteiger partial charge is 0.269 e. The summed E-state index contributed by atoms with van der Waals surface area (Å²) >= 11 is 2.13. The fourth-order valence-corrected chi connectivity index (χ4v) is 2.22. The Hall–Kier alpha value is -1.89. The van der Waals surface area contributed by atoms with Gasteiger partial charge >= 0.3 is 0 Å². The van der Waals surface area contributed by atoms with Crippen molar-refractivity contribution in [2.75, 3.05) is 0 Å². The maximum absolute atomic E-state index is 11.9. The molecule has 0 radical (unpaired) electrons. The summed E-state index contributed by atoms with van der Waals surface area (Å²) in [5, 5.41) is 0. The highest BCUT2D eigenvalue weighted by Crippen LogP contribution is 2.07. The Morgan fingerprint density at radius 2 is 1.45 bits per heavy atom. The zero-order valence-electron chi connectivity index (χ0n) is 10.8. The minimum atomic E-state index is -0.343. The number of hydrazine groups is 1. The van der Waals surface area contributed by atoms with Crippen LogP contribution in [0.15, 0.2) is 48.5 Å². The number of halogens is 1. The summed E-state index contributed by atoms with van der Waals surface area (Å²) in [6, 6.07) is 14.3. The summed E-state index contributed by atoms with van der Waals surface area (Å²) in [5.74, 6) is -0.683. The van der Waals surface area contributed by atoms with Gasteiger partial charge in [-0.1, -0.05) is 23.8 Å². The molecular weight excluding hydrogens is 367 g/mol. The number of benzene rings is 2. The summed E-state index contributed by atoms with van der Waals surface area (Å²) in [4.78, 5) is 23.7. The van der Waals surface area contributed by atoms with Crippen LogP contribution < -0.4 is 10.9 Å². The first-order chi connectivity index (χ1) is 9.56. The highest BCUT2D eigenvalue weighted by Gasteiger charge is 2.09. The van der Waals surface area contributed by atoms with Crippen LogP contribution in [0.4, 0.5) is 0 Å². The van der Waals surface area contributed by atoms with Crippen molar-refractivity contribution in [2.45, 2.75) is 6.92 Å². The average molecular weight is 380 g/mol. The van der Waals surface area contributed by atoms with Crippen LogP contribution in [0.3, 0.4) is 0 Å². The Labute approximate surface area is 130 Å². The van der Waals surface area contributed by atoms with E-state index in [4.69, 9.17) is 0 Å². The van der Waals surface area contributed by atoms with Crippen molar-refractivity contribution >= 4 is 34.4 Å². The smallest absolute Gasteiger partial charge is 0.267 e. The van der Waals surface area contributed by atoms with Crippen molar-refractivity contribution in [3.05, 3.63) is 68.8 Å². The zero-order chi connectivity index (χ0) is 14.5. The standard InChI is InChI=1S/C15H13IN2O2/c1-10-4-2-5-11(8-10)14(19)17-18-15(20)12-6-3-7-13(16)9-12/h2-9H,1H3,(H,17,19)(H,18,20). The molecule has 2 aromatic carbocycles. The molecule has 2 aromatic rings. The first-order valence-electron chi connectivity index (χ1n) is 5.99. The van der Waals surface area contributed by atoms with Gasteiger partial charge in [0.15, 0.2) is 0 Å². The molecule has 2 amide bonds. The molecule has 0 saturated heterocycles. The molecule has 0 unspecified atom stereocenters. The van der Waals surface area contributed by atoms with E-state index >= 15 is 0 Å². The van der Waals surface area contributed by atoms with Gasteiger partial charge in [-0.3, -0.25) is 20.4 Å². The summed E-state index contributed by atoms with van der Waals surface area (Å²) in [5.41, 5.74) is 6.80. The van der Waals surface area contributed by atoms with Gasteiger partial charge in [0.25, 0.3) is 11.8 Å². The molecule has 0 atom stereocenters. The number of carbonyl (C=O) groups is 2. The monoisotopic (exact) mass is 380 g/mol.